The maximum absolute atomic E-state index is 6.15. The summed E-state index contributed by atoms with van der Waals surface area (Å²) < 4.78 is 6.15. The standard InChI is InChI=1S/C23H34N4OS.HI/c1-5-24-23(26-14-21-27-20(15-29-21)16(2)3)25-13-19-7-6-12-28-22(19)18-10-8-17(4)9-11-18;/h8-11,15-16,19,22H,5-7,12-14H2,1-4H3,(H2,24,25,26);1H. The number of aromatic nitrogens is 1. The summed E-state index contributed by atoms with van der Waals surface area (Å²) in [6, 6.07) is 8.74. The molecule has 3 rings (SSSR count). The molecule has 0 radical (unpaired) electrons. The fourth-order valence-corrected chi connectivity index (χ4v) is 4.43. The molecule has 0 saturated carbocycles. The molecule has 7 heteroatoms. The van der Waals surface area contributed by atoms with E-state index in [0.29, 0.717) is 18.4 Å². The average Bonchev–Trinajstić information content (AvgIpc) is 3.20. The third-order valence-electron chi connectivity index (χ3n) is 5.26. The van der Waals surface area contributed by atoms with Crippen LogP contribution >= 0.6 is 35.3 Å². The third-order valence-corrected chi connectivity index (χ3v) is 6.11. The van der Waals surface area contributed by atoms with E-state index in [0.717, 1.165) is 49.2 Å². The number of guanidine groups is 1. The number of hydrogen-bond acceptors (Lipinski definition) is 4. The number of nitrogens with zero attached hydrogens (tertiary/aromatic N) is 2. The molecule has 2 atom stereocenters. The molecule has 30 heavy (non-hydrogen) atoms. The molecule has 1 aliphatic rings. The van der Waals surface area contributed by atoms with Gasteiger partial charge >= 0.3 is 0 Å². The van der Waals surface area contributed by atoms with E-state index in [9.17, 15) is 0 Å². The zero-order chi connectivity index (χ0) is 20.6. The highest BCUT2D eigenvalue weighted by Gasteiger charge is 2.27. The van der Waals surface area contributed by atoms with Crippen molar-refractivity contribution in [2.75, 3.05) is 19.7 Å². The lowest BCUT2D eigenvalue weighted by Crippen LogP contribution is -2.42. The van der Waals surface area contributed by atoms with E-state index in [1.54, 1.807) is 11.3 Å². The topological polar surface area (TPSA) is 58.5 Å². The summed E-state index contributed by atoms with van der Waals surface area (Å²) >= 11 is 1.69. The Morgan fingerprint density at radius 2 is 2.03 bits per heavy atom. The Morgan fingerprint density at radius 3 is 2.70 bits per heavy atom. The van der Waals surface area contributed by atoms with Gasteiger partial charge in [-0.15, -0.1) is 35.3 Å². The van der Waals surface area contributed by atoms with Crippen molar-refractivity contribution in [2.24, 2.45) is 10.9 Å². The van der Waals surface area contributed by atoms with Crippen LogP contribution in [0.4, 0.5) is 0 Å². The summed E-state index contributed by atoms with van der Waals surface area (Å²) in [6.07, 6.45) is 2.42. The number of hydrogen-bond donors (Lipinski definition) is 2. The maximum Gasteiger partial charge on any atom is 0.191 e. The van der Waals surface area contributed by atoms with Crippen molar-refractivity contribution in [2.45, 2.75) is 59.1 Å². The Labute approximate surface area is 202 Å². The van der Waals surface area contributed by atoms with Gasteiger partial charge in [0.05, 0.1) is 18.3 Å². The van der Waals surface area contributed by atoms with Crippen molar-refractivity contribution in [3.05, 3.63) is 51.5 Å². The van der Waals surface area contributed by atoms with Gasteiger partial charge in [-0.3, -0.25) is 0 Å². The molecule has 0 amide bonds. The molecule has 0 aliphatic carbocycles. The van der Waals surface area contributed by atoms with Gasteiger partial charge in [-0.25, -0.2) is 9.98 Å². The second-order valence-corrected chi connectivity index (χ2v) is 8.94. The summed E-state index contributed by atoms with van der Waals surface area (Å²) in [4.78, 5) is 9.44. The molecule has 2 N–H and O–H groups in total. The highest BCUT2D eigenvalue weighted by Crippen LogP contribution is 2.33. The van der Waals surface area contributed by atoms with Gasteiger partial charge in [0.1, 0.15) is 5.01 Å². The van der Waals surface area contributed by atoms with Crippen LogP contribution < -0.4 is 10.6 Å². The molecular weight excluding hydrogens is 507 g/mol. The fourth-order valence-electron chi connectivity index (χ4n) is 3.56. The molecule has 1 fully saturated rings. The second kappa shape index (κ2) is 12.6. The Morgan fingerprint density at radius 1 is 1.27 bits per heavy atom. The van der Waals surface area contributed by atoms with Crippen LogP contribution in [0.1, 0.15) is 67.5 Å². The van der Waals surface area contributed by atoms with Gasteiger partial charge in [-0.2, -0.15) is 0 Å². The molecule has 2 unspecified atom stereocenters. The molecule has 1 aromatic carbocycles. The van der Waals surface area contributed by atoms with Crippen molar-refractivity contribution in [1.82, 2.24) is 15.6 Å². The normalized spacial score (nSPS) is 19.4. The molecule has 2 aromatic rings. The molecule has 1 aliphatic heterocycles. The van der Waals surface area contributed by atoms with E-state index in [2.05, 4.69) is 73.0 Å². The lowest BCUT2D eigenvalue weighted by molar-refractivity contribution is -0.0265. The molecule has 166 valence electrons. The van der Waals surface area contributed by atoms with E-state index < -0.39 is 0 Å². The predicted molar refractivity (Wildman–Crippen MR) is 137 cm³/mol. The molecule has 1 saturated heterocycles. The molecule has 0 spiro atoms. The highest BCUT2D eigenvalue weighted by molar-refractivity contribution is 14.0. The number of ether oxygens (including phenoxy) is 1. The summed E-state index contributed by atoms with van der Waals surface area (Å²) in [5.74, 6) is 1.74. The third kappa shape index (κ3) is 7.20. The highest BCUT2D eigenvalue weighted by atomic mass is 127. The van der Waals surface area contributed by atoms with Gasteiger partial charge in [-0.1, -0.05) is 43.7 Å². The first-order valence-corrected chi connectivity index (χ1v) is 11.6. The van der Waals surface area contributed by atoms with Crippen LogP contribution in [0.25, 0.3) is 0 Å². The summed E-state index contributed by atoms with van der Waals surface area (Å²) in [6.45, 7) is 11.7. The largest absolute Gasteiger partial charge is 0.373 e. The van der Waals surface area contributed by atoms with E-state index in [1.165, 1.54) is 11.1 Å². The number of benzene rings is 1. The van der Waals surface area contributed by atoms with Gasteiger partial charge < -0.3 is 15.4 Å². The van der Waals surface area contributed by atoms with Crippen molar-refractivity contribution >= 4 is 41.3 Å². The number of halogens is 1. The van der Waals surface area contributed by atoms with Crippen molar-refractivity contribution in [1.29, 1.82) is 0 Å². The maximum atomic E-state index is 6.15. The lowest BCUT2D eigenvalue weighted by atomic mass is 9.89. The van der Waals surface area contributed by atoms with Gasteiger partial charge in [0.25, 0.3) is 0 Å². The average molecular weight is 543 g/mol. The first-order valence-electron chi connectivity index (χ1n) is 10.7. The minimum Gasteiger partial charge on any atom is -0.373 e. The van der Waals surface area contributed by atoms with Crippen LogP contribution in [-0.4, -0.2) is 30.6 Å². The van der Waals surface area contributed by atoms with Crippen molar-refractivity contribution in [3.8, 4) is 0 Å². The lowest BCUT2D eigenvalue weighted by Gasteiger charge is -2.32. The predicted octanol–water partition coefficient (Wildman–Crippen LogP) is 5.42. The number of thiazole rings is 1. The molecule has 0 bridgehead atoms. The van der Waals surface area contributed by atoms with Crippen LogP contribution in [0.15, 0.2) is 34.6 Å². The SMILES string of the molecule is CCNC(=NCc1nc(C(C)C)cs1)NCC1CCCOC1c1ccc(C)cc1.I. The van der Waals surface area contributed by atoms with Gasteiger partial charge in [0, 0.05) is 31.0 Å². The zero-order valence-electron chi connectivity index (χ0n) is 18.5. The van der Waals surface area contributed by atoms with Crippen LogP contribution in [0.2, 0.25) is 0 Å². The van der Waals surface area contributed by atoms with Gasteiger partial charge in [-0.05, 0) is 38.2 Å². The Balaban J connectivity index is 0.00000320. The minimum absolute atomic E-state index is 0. The number of rotatable bonds is 7. The Kier molecular flexibility index (Phi) is 10.5. The van der Waals surface area contributed by atoms with Crippen molar-refractivity contribution < 1.29 is 4.74 Å². The first-order chi connectivity index (χ1) is 14.1. The number of nitrogens with one attached hydrogen (secondary N) is 2. The molecule has 1 aromatic heterocycles. The minimum atomic E-state index is 0. The zero-order valence-corrected chi connectivity index (χ0v) is 21.6. The Hall–Kier alpha value is -1.19. The summed E-state index contributed by atoms with van der Waals surface area (Å²) in [5.41, 5.74) is 3.70. The molecule has 5 nitrogen and oxygen atoms in total. The monoisotopic (exact) mass is 542 g/mol. The molecular formula is C23H35IN4OS. The van der Waals surface area contributed by atoms with E-state index in [1.807, 2.05) is 0 Å². The van der Waals surface area contributed by atoms with Crippen molar-refractivity contribution in [3.63, 3.8) is 0 Å². The van der Waals surface area contributed by atoms with Crippen LogP contribution in [0, 0.1) is 12.8 Å². The van der Waals surface area contributed by atoms with E-state index in [-0.39, 0.29) is 30.1 Å². The van der Waals surface area contributed by atoms with E-state index in [4.69, 9.17) is 9.73 Å². The molecule has 2 heterocycles. The van der Waals surface area contributed by atoms with Crippen LogP contribution in [0.3, 0.4) is 0 Å². The van der Waals surface area contributed by atoms with Crippen LogP contribution in [0.5, 0.6) is 0 Å². The van der Waals surface area contributed by atoms with Crippen LogP contribution in [-0.2, 0) is 11.3 Å². The second-order valence-electron chi connectivity index (χ2n) is 8.00. The Bertz CT molecular complexity index is 791. The quantitative estimate of drug-likeness (QED) is 0.279. The van der Waals surface area contributed by atoms with E-state index >= 15 is 0 Å². The first kappa shape index (κ1) is 25.1. The number of aryl methyl sites for hydroxylation is 1. The summed E-state index contributed by atoms with van der Waals surface area (Å²) in [7, 11) is 0. The number of aliphatic imine (C=N–C) groups is 1. The smallest absolute Gasteiger partial charge is 0.191 e. The summed E-state index contributed by atoms with van der Waals surface area (Å²) in [5, 5.41) is 10.1. The van der Waals surface area contributed by atoms with Gasteiger partial charge in [0.15, 0.2) is 5.96 Å². The van der Waals surface area contributed by atoms with Gasteiger partial charge in [0.2, 0.25) is 0 Å². The fraction of sp³-hybridized carbons (Fsp3) is 0.565.